The largest absolute Gasteiger partial charge is 0.496 e. The van der Waals surface area contributed by atoms with Crippen molar-refractivity contribution < 1.29 is 4.74 Å². The zero-order valence-electron chi connectivity index (χ0n) is 10.1. The van der Waals surface area contributed by atoms with Crippen LogP contribution >= 0.6 is 0 Å². The lowest BCUT2D eigenvalue weighted by Crippen LogP contribution is -2.15. The number of methoxy groups -OCH3 is 1. The zero-order valence-corrected chi connectivity index (χ0v) is 10.1. The highest BCUT2D eigenvalue weighted by Gasteiger charge is 2.16. The van der Waals surface area contributed by atoms with Gasteiger partial charge in [0, 0.05) is 18.7 Å². The van der Waals surface area contributed by atoms with Gasteiger partial charge in [0.1, 0.15) is 5.75 Å². The number of fused-ring (bicyclic) bond motifs is 1. The van der Waals surface area contributed by atoms with Gasteiger partial charge in [-0.15, -0.1) is 0 Å². The third-order valence-electron chi connectivity index (χ3n) is 3.07. The normalized spacial score (nSPS) is 17.2. The van der Waals surface area contributed by atoms with Crippen LogP contribution in [0.25, 0.3) is 0 Å². The van der Waals surface area contributed by atoms with E-state index in [1.165, 1.54) is 16.8 Å². The second kappa shape index (κ2) is 5.15. The van der Waals surface area contributed by atoms with Gasteiger partial charge in [-0.3, -0.25) is 4.99 Å². The standard InChI is InChI=1S/C14H19NO/c1-3-9-15-12-7-8-13-11(10-12)5-4-6-14(13)16-2/h4-6H,3,7-10H2,1-2H3/b15-12+. The Balaban J connectivity index is 2.21. The second-order valence-corrected chi connectivity index (χ2v) is 4.22. The Labute approximate surface area is 97.4 Å². The summed E-state index contributed by atoms with van der Waals surface area (Å²) in [4.78, 5) is 4.63. The average molecular weight is 217 g/mol. The van der Waals surface area contributed by atoms with Gasteiger partial charge in [-0.2, -0.15) is 0 Å². The van der Waals surface area contributed by atoms with Gasteiger partial charge in [0.2, 0.25) is 0 Å². The van der Waals surface area contributed by atoms with Gasteiger partial charge in [-0.05, 0) is 36.5 Å². The van der Waals surface area contributed by atoms with Crippen LogP contribution < -0.4 is 4.74 Å². The molecular formula is C14H19NO. The molecule has 0 bridgehead atoms. The molecule has 1 aromatic rings. The minimum Gasteiger partial charge on any atom is -0.496 e. The number of benzene rings is 1. The number of nitrogens with zero attached hydrogens (tertiary/aromatic N) is 1. The molecule has 2 nitrogen and oxygen atoms in total. The van der Waals surface area contributed by atoms with Crippen LogP contribution in [0, 0.1) is 0 Å². The quantitative estimate of drug-likeness (QED) is 0.762. The predicted octanol–water partition coefficient (Wildman–Crippen LogP) is 3.03. The minimum atomic E-state index is 0.967. The first-order valence-electron chi connectivity index (χ1n) is 6.02. The van der Waals surface area contributed by atoms with Crippen molar-refractivity contribution in [2.45, 2.75) is 32.6 Å². The molecule has 0 atom stereocenters. The molecule has 0 unspecified atom stereocenters. The van der Waals surface area contributed by atoms with Crippen LogP contribution in [-0.2, 0) is 12.8 Å². The molecule has 1 aliphatic rings. The van der Waals surface area contributed by atoms with E-state index in [0.29, 0.717) is 0 Å². The minimum absolute atomic E-state index is 0.967. The second-order valence-electron chi connectivity index (χ2n) is 4.22. The molecule has 0 fully saturated rings. The molecule has 0 aromatic heterocycles. The zero-order chi connectivity index (χ0) is 11.4. The SMILES string of the molecule is CCC/N=C1\CCc2c(cccc2OC)C1. The fraction of sp³-hybridized carbons (Fsp3) is 0.500. The Hall–Kier alpha value is -1.31. The molecule has 2 heteroatoms. The number of ether oxygens (including phenoxy) is 1. The Kier molecular flexibility index (Phi) is 3.60. The predicted molar refractivity (Wildman–Crippen MR) is 67.6 cm³/mol. The van der Waals surface area contributed by atoms with E-state index in [9.17, 15) is 0 Å². The van der Waals surface area contributed by atoms with Gasteiger partial charge in [-0.1, -0.05) is 19.1 Å². The number of rotatable bonds is 3. The molecule has 0 N–H and O–H groups in total. The van der Waals surface area contributed by atoms with Crippen LogP contribution in [0.4, 0.5) is 0 Å². The third kappa shape index (κ3) is 2.26. The van der Waals surface area contributed by atoms with Crippen molar-refractivity contribution in [2.75, 3.05) is 13.7 Å². The maximum Gasteiger partial charge on any atom is 0.122 e. The number of hydrogen-bond donors (Lipinski definition) is 0. The first-order valence-corrected chi connectivity index (χ1v) is 6.02. The van der Waals surface area contributed by atoms with Gasteiger partial charge in [0.15, 0.2) is 0 Å². The van der Waals surface area contributed by atoms with E-state index in [2.05, 4.69) is 24.0 Å². The molecule has 86 valence electrons. The molecule has 0 saturated heterocycles. The summed E-state index contributed by atoms with van der Waals surface area (Å²) < 4.78 is 5.39. The van der Waals surface area contributed by atoms with Gasteiger partial charge >= 0.3 is 0 Å². The van der Waals surface area contributed by atoms with Crippen LogP contribution in [0.3, 0.4) is 0 Å². The van der Waals surface area contributed by atoms with E-state index in [0.717, 1.165) is 38.0 Å². The van der Waals surface area contributed by atoms with Crippen LogP contribution in [0.2, 0.25) is 0 Å². The summed E-state index contributed by atoms with van der Waals surface area (Å²) in [6.45, 7) is 3.14. The lowest BCUT2D eigenvalue weighted by molar-refractivity contribution is 0.409. The van der Waals surface area contributed by atoms with Crippen LogP contribution in [0.1, 0.15) is 30.9 Å². The first kappa shape index (κ1) is 11.2. The Morgan fingerprint density at radius 3 is 2.94 bits per heavy atom. The van der Waals surface area contributed by atoms with E-state index in [4.69, 9.17) is 4.74 Å². The molecule has 0 spiro atoms. The smallest absolute Gasteiger partial charge is 0.122 e. The average Bonchev–Trinajstić information content (AvgIpc) is 2.35. The molecule has 1 aromatic carbocycles. The molecule has 0 heterocycles. The Bertz CT molecular complexity index is 396. The van der Waals surface area contributed by atoms with Crippen molar-refractivity contribution in [3.8, 4) is 5.75 Å². The Morgan fingerprint density at radius 2 is 2.19 bits per heavy atom. The highest BCUT2D eigenvalue weighted by molar-refractivity contribution is 5.88. The summed E-state index contributed by atoms with van der Waals surface area (Å²) in [5.74, 6) is 1.03. The topological polar surface area (TPSA) is 21.6 Å². The van der Waals surface area contributed by atoms with Crippen molar-refractivity contribution in [1.82, 2.24) is 0 Å². The first-order chi connectivity index (χ1) is 7.85. The van der Waals surface area contributed by atoms with Crippen LogP contribution in [0.5, 0.6) is 5.75 Å². The molecule has 0 radical (unpaired) electrons. The van der Waals surface area contributed by atoms with E-state index in [1.807, 2.05) is 6.07 Å². The molecule has 0 aliphatic heterocycles. The van der Waals surface area contributed by atoms with E-state index >= 15 is 0 Å². The lowest BCUT2D eigenvalue weighted by atomic mass is 9.89. The maximum atomic E-state index is 5.39. The summed E-state index contributed by atoms with van der Waals surface area (Å²) >= 11 is 0. The molecular weight excluding hydrogens is 198 g/mol. The van der Waals surface area contributed by atoms with Crippen LogP contribution in [-0.4, -0.2) is 19.4 Å². The van der Waals surface area contributed by atoms with Gasteiger partial charge < -0.3 is 4.74 Å². The van der Waals surface area contributed by atoms with Crippen molar-refractivity contribution in [1.29, 1.82) is 0 Å². The van der Waals surface area contributed by atoms with Crippen molar-refractivity contribution in [3.63, 3.8) is 0 Å². The van der Waals surface area contributed by atoms with Gasteiger partial charge in [0.05, 0.1) is 7.11 Å². The molecule has 1 aliphatic carbocycles. The molecule has 16 heavy (non-hydrogen) atoms. The van der Waals surface area contributed by atoms with E-state index < -0.39 is 0 Å². The molecule has 2 rings (SSSR count). The fourth-order valence-electron chi connectivity index (χ4n) is 2.23. The molecule has 0 amide bonds. The number of aliphatic imine (C=N–C) groups is 1. The summed E-state index contributed by atoms with van der Waals surface area (Å²) in [5.41, 5.74) is 4.11. The summed E-state index contributed by atoms with van der Waals surface area (Å²) in [5, 5.41) is 0. The Morgan fingerprint density at radius 1 is 1.31 bits per heavy atom. The van der Waals surface area contributed by atoms with Crippen molar-refractivity contribution in [3.05, 3.63) is 29.3 Å². The van der Waals surface area contributed by atoms with E-state index in [1.54, 1.807) is 7.11 Å². The summed E-state index contributed by atoms with van der Waals surface area (Å²) in [6, 6.07) is 6.31. The van der Waals surface area contributed by atoms with Crippen LogP contribution in [0.15, 0.2) is 23.2 Å². The monoisotopic (exact) mass is 217 g/mol. The highest BCUT2D eigenvalue weighted by Crippen LogP contribution is 2.28. The molecule has 0 saturated carbocycles. The van der Waals surface area contributed by atoms with Crippen molar-refractivity contribution >= 4 is 5.71 Å². The number of hydrogen-bond acceptors (Lipinski definition) is 2. The lowest BCUT2D eigenvalue weighted by Gasteiger charge is -2.20. The third-order valence-corrected chi connectivity index (χ3v) is 3.07. The summed E-state index contributed by atoms with van der Waals surface area (Å²) in [7, 11) is 1.75. The summed E-state index contributed by atoms with van der Waals surface area (Å²) in [6.07, 6.45) is 4.30. The van der Waals surface area contributed by atoms with Gasteiger partial charge in [-0.25, -0.2) is 0 Å². The highest BCUT2D eigenvalue weighted by atomic mass is 16.5. The van der Waals surface area contributed by atoms with Crippen molar-refractivity contribution in [2.24, 2.45) is 4.99 Å². The van der Waals surface area contributed by atoms with E-state index in [-0.39, 0.29) is 0 Å². The van der Waals surface area contributed by atoms with Gasteiger partial charge in [0.25, 0.3) is 0 Å². The maximum absolute atomic E-state index is 5.39. The fourth-order valence-corrected chi connectivity index (χ4v) is 2.23.